The van der Waals surface area contributed by atoms with E-state index in [1.54, 1.807) is 0 Å². The zero-order chi connectivity index (χ0) is 31.6. The van der Waals surface area contributed by atoms with Gasteiger partial charge in [-0.15, -0.1) is 0 Å². The van der Waals surface area contributed by atoms with E-state index >= 15 is 0 Å². The highest BCUT2D eigenvalue weighted by Gasteiger charge is 2.20. The molecule has 48 heavy (non-hydrogen) atoms. The summed E-state index contributed by atoms with van der Waals surface area (Å²) in [4.78, 5) is 0. The van der Waals surface area contributed by atoms with Crippen molar-refractivity contribution in [3.05, 3.63) is 171 Å². The number of rotatable bonds is 3. The standard InChI is InChI=1S/C44H31N3O/c1-4-12-35-28(9-1)19-21-45-43(35)32-23-33(44-36-13-5-2-10-29(36)20-22-46-44)25-34(24-32)47-39-15-7-6-14-37(39)38-27-42-31(26-40(38)47)18-17-30-11-3-8-16-41(30)48-42/h1-20,23-27,45-46H,21-22H2. The number of para-hydroxylation sites is 2. The Balaban J connectivity index is 1.29. The van der Waals surface area contributed by atoms with E-state index in [0.29, 0.717) is 0 Å². The molecule has 4 heteroatoms. The lowest BCUT2D eigenvalue weighted by atomic mass is 9.98. The number of hydrogen-bond donors (Lipinski definition) is 2. The molecule has 0 saturated carbocycles. The highest BCUT2D eigenvalue weighted by molar-refractivity contribution is 6.10. The Morgan fingerprint density at radius 1 is 0.500 bits per heavy atom. The van der Waals surface area contributed by atoms with Crippen LogP contribution in [0.2, 0.25) is 0 Å². The smallest absolute Gasteiger partial charge is 0.135 e. The van der Waals surface area contributed by atoms with Crippen molar-refractivity contribution in [2.45, 2.75) is 0 Å². The van der Waals surface area contributed by atoms with Gasteiger partial charge in [0, 0.05) is 73.6 Å². The van der Waals surface area contributed by atoms with Crippen LogP contribution in [0.15, 0.2) is 127 Å². The molecule has 0 unspecified atom stereocenters. The van der Waals surface area contributed by atoms with Crippen molar-refractivity contribution in [2.24, 2.45) is 0 Å². The molecule has 0 bridgehead atoms. The lowest BCUT2D eigenvalue weighted by Crippen LogP contribution is -2.38. The van der Waals surface area contributed by atoms with Crippen molar-refractivity contribution in [3.8, 4) is 17.2 Å². The van der Waals surface area contributed by atoms with E-state index in [0.717, 1.165) is 80.3 Å². The van der Waals surface area contributed by atoms with Crippen molar-refractivity contribution in [2.75, 3.05) is 13.1 Å². The molecule has 0 aliphatic carbocycles. The molecule has 4 heterocycles. The Labute approximate surface area is 277 Å². The average molecular weight is 618 g/mol. The van der Waals surface area contributed by atoms with E-state index < -0.39 is 0 Å². The Morgan fingerprint density at radius 3 is 1.88 bits per heavy atom. The van der Waals surface area contributed by atoms with Crippen LogP contribution in [0.4, 0.5) is 0 Å². The van der Waals surface area contributed by atoms with Gasteiger partial charge in [-0.2, -0.15) is 0 Å². The summed E-state index contributed by atoms with van der Waals surface area (Å²) in [7, 11) is 0. The molecular formula is C44H31N3O. The van der Waals surface area contributed by atoms with Gasteiger partial charge in [0.05, 0.1) is 11.0 Å². The zero-order valence-corrected chi connectivity index (χ0v) is 26.2. The summed E-state index contributed by atoms with van der Waals surface area (Å²) in [6, 6.07) is 45.8. The molecule has 6 aromatic carbocycles. The van der Waals surface area contributed by atoms with Crippen LogP contribution >= 0.6 is 0 Å². The minimum absolute atomic E-state index is 0.786. The molecule has 228 valence electrons. The minimum Gasteiger partial charge on any atom is -0.456 e. The SMILES string of the molecule is C1=Cc2cc3c(cc2Oc2ccccc21)c1ccccc1n3-c1cc(C2=c3ccccc3=CCN2)cc(C2=c3ccccc3=CCN2)c1. The molecule has 0 saturated heterocycles. The Kier molecular flexibility index (Phi) is 5.97. The maximum atomic E-state index is 6.54. The topological polar surface area (TPSA) is 38.2 Å². The second-order valence-corrected chi connectivity index (χ2v) is 12.6. The second-order valence-electron chi connectivity index (χ2n) is 12.6. The Bertz CT molecular complexity index is 2670. The lowest BCUT2D eigenvalue weighted by molar-refractivity contribution is 0.482. The second kappa shape index (κ2) is 10.6. The van der Waals surface area contributed by atoms with E-state index in [9.17, 15) is 0 Å². The maximum absolute atomic E-state index is 6.54. The van der Waals surface area contributed by atoms with Crippen LogP contribution in [0, 0.1) is 0 Å². The van der Waals surface area contributed by atoms with Crippen LogP contribution in [0.3, 0.4) is 0 Å². The summed E-state index contributed by atoms with van der Waals surface area (Å²) >= 11 is 0. The summed E-state index contributed by atoms with van der Waals surface area (Å²) in [5.41, 5.74) is 10.2. The van der Waals surface area contributed by atoms with Gasteiger partial charge in [-0.1, -0.05) is 109 Å². The van der Waals surface area contributed by atoms with Crippen molar-refractivity contribution < 1.29 is 4.74 Å². The highest BCUT2D eigenvalue weighted by Crippen LogP contribution is 2.41. The van der Waals surface area contributed by atoms with Crippen LogP contribution < -0.4 is 36.2 Å². The Hall–Kier alpha value is -6.26. The molecule has 3 aliphatic heterocycles. The number of aromatic nitrogens is 1. The number of benzene rings is 6. The molecule has 10 rings (SSSR count). The molecule has 0 atom stereocenters. The predicted octanol–water partition coefficient (Wildman–Crippen LogP) is 6.14. The van der Waals surface area contributed by atoms with Gasteiger partial charge in [0.1, 0.15) is 11.5 Å². The molecule has 4 nitrogen and oxygen atoms in total. The first-order chi connectivity index (χ1) is 23.8. The molecule has 0 amide bonds. The summed E-state index contributed by atoms with van der Waals surface area (Å²) in [5, 5.41) is 14.8. The summed E-state index contributed by atoms with van der Waals surface area (Å²) in [6.45, 7) is 1.57. The first kappa shape index (κ1) is 26.9. The lowest BCUT2D eigenvalue weighted by Gasteiger charge is -2.20. The van der Waals surface area contributed by atoms with Crippen LogP contribution in [-0.4, -0.2) is 17.7 Å². The normalized spacial score (nSPS) is 14.3. The fourth-order valence-electron chi connectivity index (χ4n) is 7.58. The number of fused-ring (bicyclic) bond motifs is 7. The molecule has 0 spiro atoms. The molecule has 7 aromatic rings. The maximum Gasteiger partial charge on any atom is 0.135 e. The molecule has 3 aliphatic rings. The fourth-order valence-corrected chi connectivity index (χ4v) is 7.58. The van der Waals surface area contributed by atoms with Gasteiger partial charge < -0.3 is 19.9 Å². The monoisotopic (exact) mass is 617 g/mol. The van der Waals surface area contributed by atoms with Gasteiger partial charge in [-0.25, -0.2) is 0 Å². The van der Waals surface area contributed by atoms with Crippen LogP contribution in [0.5, 0.6) is 11.5 Å². The third-order valence-electron chi connectivity index (χ3n) is 9.80. The van der Waals surface area contributed by atoms with E-state index in [-0.39, 0.29) is 0 Å². The summed E-state index contributed by atoms with van der Waals surface area (Å²) < 4.78 is 8.96. The third-order valence-corrected chi connectivity index (χ3v) is 9.80. The number of hydrogen-bond acceptors (Lipinski definition) is 3. The first-order valence-corrected chi connectivity index (χ1v) is 16.5. The number of nitrogens with one attached hydrogen (secondary N) is 2. The van der Waals surface area contributed by atoms with Crippen LogP contribution in [-0.2, 0) is 0 Å². The largest absolute Gasteiger partial charge is 0.456 e. The number of nitrogens with zero attached hydrogens (tertiary/aromatic N) is 1. The van der Waals surface area contributed by atoms with Gasteiger partial charge >= 0.3 is 0 Å². The Morgan fingerprint density at radius 2 is 1.12 bits per heavy atom. The molecular weight excluding hydrogens is 587 g/mol. The van der Waals surface area contributed by atoms with Crippen molar-refractivity contribution in [1.82, 2.24) is 15.2 Å². The average Bonchev–Trinajstić information content (AvgIpc) is 3.34. The van der Waals surface area contributed by atoms with Gasteiger partial charge in [0.15, 0.2) is 0 Å². The molecule has 2 N–H and O–H groups in total. The minimum atomic E-state index is 0.786. The van der Waals surface area contributed by atoms with E-state index in [1.165, 1.54) is 26.3 Å². The van der Waals surface area contributed by atoms with Gasteiger partial charge in [0.2, 0.25) is 0 Å². The quantitative estimate of drug-likeness (QED) is 0.250. The van der Waals surface area contributed by atoms with Gasteiger partial charge in [-0.3, -0.25) is 0 Å². The predicted molar refractivity (Wildman–Crippen MR) is 198 cm³/mol. The summed E-state index contributed by atoms with van der Waals surface area (Å²) in [5.74, 6) is 1.74. The molecule has 0 radical (unpaired) electrons. The van der Waals surface area contributed by atoms with Gasteiger partial charge in [-0.05, 0) is 52.9 Å². The van der Waals surface area contributed by atoms with Crippen LogP contribution in [0.25, 0.3) is 63.2 Å². The summed E-state index contributed by atoms with van der Waals surface area (Å²) in [6.07, 6.45) is 8.85. The van der Waals surface area contributed by atoms with Crippen LogP contribution in [0.1, 0.15) is 22.3 Å². The van der Waals surface area contributed by atoms with Crippen molar-refractivity contribution in [3.63, 3.8) is 0 Å². The fraction of sp³-hybridized carbons (Fsp3) is 0.0455. The van der Waals surface area contributed by atoms with E-state index in [2.05, 4.69) is 155 Å². The number of ether oxygens (including phenoxy) is 1. The zero-order valence-electron chi connectivity index (χ0n) is 26.2. The van der Waals surface area contributed by atoms with Crippen molar-refractivity contribution >= 4 is 57.5 Å². The van der Waals surface area contributed by atoms with E-state index in [1.807, 2.05) is 12.1 Å². The van der Waals surface area contributed by atoms with E-state index in [4.69, 9.17) is 4.74 Å². The highest BCUT2D eigenvalue weighted by atomic mass is 16.5. The van der Waals surface area contributed by atoms with Crippen molar-refractivity contribution in [1.29, 1.82) is 0 Å². The first-order valence-electron chi connectivity index (χ1n) is 16.5. The van der Waals surface area contributed by atoms with Gasteiger partial charge in [0.25, 0.3) is 0 Å². The third kappa shape index (κ3) is 4.23. The molecule has 1 aromatic heterocycles. The molecule has 0 fully saturated rings.